The van der Waals surface area contributed by atoms with Gasteiger partial charge >= 0.3 is 0 Å². The number of hydrogen-bond donors (Lipinski definition) is 1. The van der Waals surface area contributed by atoms with Crippen molar-refractivity contribution in [3.8, 4) is 0 Å². The van der Waals surface area contributed by atoms with Crippen LogP contribution in [-0.2, 0) is 4.79 Å². The molecule has 1 unspecified atom stereocenters. The Labute approximate surface area is 67.9 Å². The highest BCUT2D eigenvalue weighted by Crippen LogP contribution is 2.03. The summed E-state index contributed by atoms with van der Waals surface area (Å²) in [6, 6.07) is 0. The second-order valence-corrected chi connectivity index (χ2v) is 2.58. The van der Waals surface area contributed by atoms with E-state index >= 15 is 0 Å². The Hall–Kier alpha value is -0.630. The van der Waals surface area contributed by atoms with E-state index in [4.69, 9.17) is 5.11 Å². The van der Waals surface area contributed by atoms with Crippen LogP contribution in [0.15, 0.2) is 12.2 Å². The molecule has 0 radical (unpaired) electrons. The summed E-state index contributed by atoms with van der Waals surface area (Å²) in [4.78, 5) is 9.84. The molecule has 0 heterocycles. The molecule has 2 nitrogen and oxygen atoms in total. The summed E-state index contributed by atoms with van der Waals surface area (Å²) < 4.78 is 0. The van der Waals surface area contributed by atoms with E-state index in [1.54, 1.807) is 0 Å². The zero-order valence-corrected chi connectivity index (χ0v) is 6.99. The van der Waals surface area contributed by atoms with Crippen molar-refractivity contribution in [1.29, 1.82) is 0 Å². The molecule has 0 aliphatic carbocycles. The molecule has 0 aliphatic rings. The number of unbranched alkanes of at least 4 members (excludes halogenated alkanes) is 2. The molecule has 0 amide bonds. The van der Waals surface area contributed by atoms with Crippen LogP contribution in [0.5, 0.6) is 0 Å². The number of hydrogen-bond acceptors (Lipinski definition) is 2. The van der Waals surface area contributed by atoms with Crippen molar-refractivity contribution in [2.45, 2.75) is 38.7 Å². The zero-order chi connectivity index (χ0) is 8.53. The van der Waals surface area contributed by atoms with Gasteiger partial charge in [0.1, 0.15) is 6.29 Å². The zero-order valence-electron chi connectivity index (χ0n) is 6.99. The summed E-state index contributed by atoms with van der Waals surface area (Å²) in [6.45, 7) is 2.12. The molecule has 0 aromatic carbocycles. The topological polar surface area (TPSA) is 37.3 Å². The number of rotatable bonds is 6. The molecular weight excluding hydrogens is 142 g/mol. The highest BCUT2D eigenvalue weighted by Gasteiger charge is 1.96. The van der Waals surface area contributed by atoms with Crippen LogP contribution in [0.2, 0.25) is 0 Å². The fourth-order valence-electron chi connectivity index (χ4n) is 0.873. The first-order valence-corrected chi connectivity index (χ1v) is 4.11. The van der Waals surface area contributed by atoms with Crippen LogP contribution in [0.3, 0.4) is 0 Å². The lowest BCUT2D eigenvalue weighted by Crippen LogP contribution is -2.01. The SMILES string of the molecule is CCCCCC(O)/C=[13CH]/[13CH]=O. The normalized spacial score (nSPS) is 13.6. The highest BCUT2D eigenvalue weighted by atomic mass is 16.3. The smallest absolute Gasteiger partial charge is 0.142 e. The van der Waals surface area contributed by atoms with E-state index in [0.29, 0.717) is 6.29 Å². The van der Waals surface area contributed by atoms with Gasteiger partial charge in [-0.3, -0.25) is 4.79 Å². The van der Waals surface area contributed by atoms with Gasteiger partial charge in [0.15, 0.2) is 0 Å². The molecule has 0 saturated heterocycles. The van der Waals surface area contributed by atoms with E-state index in [0.717, 1.165) is 25.7 Å². The van der Waals surface area contributed by atoms with Gasteiger partial charge in [0.2, 0.25) is 0 Å². The summed E-state index contributed by atoms with van der Waals surface area (Å²) in [5.74, 6) is 0. The van der Waals surface area contributed by atoms with E-state index in [2.05, 4.69) is 6.92 Å². The molecule has 0 aromatic rings. The van der Waals surface area contributed by atoms with E-state index in [9.17, 15) is 4.79 Å². The maximum absolute atomic E-state index is 9.84. The van der Waals surface area contributed by atoms with E-state index in [1.165, 1.54) is 12.2 Å². The van der Waals surface area contributed by atoms with Crippen molar-refractivity contribution < 1.29 is 9.90 Å². The fourth-order valence-corrected chi connectivity index (χ4v) is 0.873. The van der Waals surface area contributed by atoms with Crippen molar-refractivity contribution in [2.24, 2.45) is 0 Å². The van der Waals surface area contributed by atoms with Crippen molar-refractivity contribution >= 4 is 6.29 Å². The van der Waals surface area contributed by atoms with E-state index < -0.39 is 6.10 Å². The fraction of sp³-hybridized carbons (Fsp3) is 0.667. The van der Waals surface area contributed by atoms with Gasteiger partial charge in [0.05, 0.1) is 6.10 Å². The molecule has 1 atom stereocenters. The Balaban J connectivity index is 3.28. The number of aliphatic hydroxyl groups is 1. The Bertz CT molecular complexity index is 119. The minimum absolute atomic E-state index is 0.438. The average molecular weight is 158 g/mol. The molecule has 0 spiro atoms. The van der Waals surface area contributed by atoms with Crippen LogP contribution < -0.4 is 0 Å². The van der Waals surface area contributed by atoms with E-state index in [1.807, 2.05) is 0 Å². The predicted molar refractivity (Wildman–Crippen MR) is 45.4 cm³/mol. The van der Waals surface area contributed by atoms with Crippen molar-refractivity contribution in [3.63, 3.8) is 0 Å². The standard InChI is InChI=1S/C9H16O2/c1-2-3-4-6-9(11)7-5-8-10/h5,7-9,11H,2-4,6H2,1H3/b7-5+/i5+1,8+1. The van der Waals surface area contributed by atoms with Crippen LogP contribution in [0.4, 0.5) is 0 Å². The summed E-state index contributed by atoms with van der Waals surface area (Å²) >= 11 is 0. The van der Waals surface area contributed by atoms with Crippen molar-refractivity contribution in [2.75, 3.05) is 0 Å². The average Bonchev–Trinajstić information content (AvgIpc) is 2.01. The Morgan fingerprint density at radius 2 is 2.18 bits per heavy atom. The van der Waals surface area contributed by atoms with Crippen LogP contribution >= 0.6 is 0 Å². The first-order valence-electron chi connectivity index (χ1n) is 4.11. The van der Waals surface area contributed by atoms with Gasteiger partial charge in [0, 0.05) is 0 Å². The molecule has 64 valence electrons. The number of carbonyl (C=O) groups excluding carboxylic acids is 1. The number of allylic oxidation sites excluding steroid dienone is 1. The Morgan fingerprint density at radius 3 is 2.73 bits per heavy atom. The molecule has 11 heavy (non-hydrogen) atoms. The van der Waals surface area contributed by atoms with Crippen LogP contribution in [0.1, 0.15) is 32.6 Å². The molecule has 2 heteroatoms. The van der Waals surface area contributed by atoms with Gasteiger partial charge in [-0.1, -0.05) is 32.3 Å². The monoisotopic (exact) mass is 158 g/mol. The quantitative estimate of drug-likeness (QED) is 0.276. The summed E-state index contributed by atoms with van der Waals surface area (Å²) in [6.07, 6.45) is 7.21. The molecule has 0 aliphatic heterocycles. The van der Waals surface area contributed by atoms with Crippen molar-refractivity contribution in [3.05, 3.63) is 12.2 Å². The second-order valence-electron chi connectivity index (χ2n) is 2.58. The largest absolute Gasteiger partial charge is 0.389 e. The van der Waals surface area contributed by atoms with Crippen LogP contribution in [-0.4, -0.2) is 17.5 Å². The second kappa shape index (κ2) is 7.48. The predicted octanol–water partition coefficient (Wildman–Crippen LogP) is 1.68. The van der Waals surface area contributed by atoms with Crippen LogP contribution in [0.25, 0.3) is 0 Å². The molecular formula is C9H16O2. The van der Waals surface area contributed by atoms with Gasteiger partial charge < -0.3 is 5.11 Å². The third-order valence-corrected chi connectivity index (χ3v) is 1.52. The molecule has 1 N–H and O–H groups in total. The first kappa shape index (κ1) is 10.4. The maximum Gasteiger partial charge on any atom is 0.142 e. The summed E-state index contributed by atoms with van der Waals surface area (Å²) in [7, 11) is 0. The molecule has 0 aromatic heterocycles. The number of carbonyl (C=O) groups is 1. The molecule has 0 saturated carbocycles. The third-order valence-electron chi connectivity index (χ3n) is 1.52. The van der Waals surface area contributed by atoms with Gasteiger partial charge in [-0.05, 0) is 12.5 Å². The number of aldehydes is 1. The van der Waals surface area contributed by atoms with Gasteiger partial charge in [-0.15, -0.1) is 0 Å². The maximum atomic E-state index is 9.84. The highest BCUT2D eigenvalue weighted by molar-refractivity contribution is 5.64. The minimum Gasteiger partial charge on any atom is -0.389 e. The van der Waals surface area contributed by atoms with E-state index in [-0.39, 0.29) is 0 Å². The minimum atomic E-state index is -0.438. The lowest BCUT2D eigenvalue weighted by atomic mass is 10.1. The van der Waals surface area contributed by atoms with Gasteiger partial charge in [0.25, 0.3) is 0 Å². The Morgan fingerprint density at radius 1 is 1.45 bits per heavy atom. The summed E-state index contributed by atoms with van der Waals surface area (Å²) in [5.41, 5.74) is 0. The summed E-state index contributed by atoms with van der Waals surface area (Å²) in [5, 5.41) is 9.16. The lowest BCUT2D eigenvalue weighted by Gasteiger charge is -2.02. The lowest BCUT2D eigenvalue weighted by molar-refractivity contribution is -0.104. The Kier molecular flexibility index (Phi) is 7.05. The van der Waals surface area contributed by atoms with Gasteiger partial charge in [-0.2, -0.15) is 0 Å². The third kappa shape index (κ3) is 7.26. The van der Waals surface area contributed by atoms with Gasteiger partial charge in [-0.25, -0.2) is 0 Å². The van der Waals surface area contributed by atoms with Crippen molar-refractivity contribution in [1.82, 2.24) is 0 Å². The first-order chi connectivity index (χ1) is 5.31. The molecule has 0 bridgehead atoms. The number of aliphatic hydroxyl groups excluding tert-OH is 1. The van der Waals surface area contributed by atoms with Crippen LogP contribution in [0, 0.1) is 0 Å². The molecule has 0 rings (SSSR count). The molecule has 0 fully saturated rings.